The lowest BCUT2D eigenvalue weighted by molar-refractivity contribution is -0.136. The molecule has 2 heterocycles. The van der Waals surface area contributed by atoms with E-state index in [1.807, 2.05) is 0 Å². The molecule has 1 atom stereocenters. The molecule has 1 unspecified atom stereocenters. The maximum atomic E-state index is 13.0. The predicted octanol–water partition coefficient (Wildman–Crippen LogP) is 0.864. The third-order valence-corrected chi connectivity index (χ3v) is 5.03. The average molecular weight is 349 g/mol. The number of nitrogens with two attached hydrogens (primary N) is 1. The number of piperazine rings is 1. The molecule has 0 aromatic heterocycles. The Morgan fingerprint density at radius 2 is 1.60 bits per heavy atom. The summed E-state index contributed by atoms with van der Waals surface area (Å²) >= 11 is 0. The number of benzene rings is 1. The van der Waals surface area contributed by atoms with E-state index >= 15 is 0 Å². The third kappa shape index (κ3) is 4.16. The molecule has 2 N–H and O–H groups in total. The van der Waals surface area contributed by atoms with Gasteiger partial charge in [-0.05, 0) is 43.0 Å². The Kier molecular flexibility index (Phi) is 5.65. The van der Waals surface area contributed by atoms with E-state index in [0.29, 0.717) is 45.0 Å². The maximum Gasteiger partial charge on any atom is 0.253 e. The molecule has 2 amide bonds. The summed E-state index contributed by atoms with van der Waals surface area (Å²) < 4.78 is 18.3. The van der Waals surface area contributed by atoms with Crippen molar-refractivity contribution in [3.8, 4) is 0 Å². The molecule has 0 bridgehead atoms. The van der Waals surface area contributed by atoms with Gasteiger partial charge in [-0.25, -0.2) is 4.39 Å². The molecule has 0 radical (unpaired) electrons. The van der Waals surface area contributed by atoms with Crippen molar-refractivity contribution in [1.82, 2.24) is 9.80 Å². The van der Waals surface area contributed by atoms with Gasteiger partial charge in [0.1, 0.15) is 5.82 Å². The predicted molar refractivity (Wildman–Crippen MR) is 90.4 cm³/mol. The summed E-state index contributed by atoms with van der Waals surface area (Å²) in [6, 6.07) is 5.02. The molecule has 1 aromatic rings. The van der Waals surface area contributed by atoms with E-state index in [4.69, 9.17) is 10.5 Å². The van der Waals surface area contributed by atoms with E-state index in [1.54, 1.807) is 9.80 Å². The summed E-state index contributed by atoms with van der Waals surface area (Å²) in [7, 11) is 0. The van der Waals surface area contributed by atoms with Crippen molar-refractivity contribution in [3.63, 3.8) is 0 Å². The van der Waals surface area contributed by atoms with Crippen molar-refractivity contribution in [2.75, 3.05) is 39.4 Å². The fourth-order valence-electron chi connectivity index (χ4n) is 3.39. The van der Waals surface area contributed by atoms with E-state index in [9.17, 15) is 14.0 Å². The van der Waals surface area contributed by atoms with Gasteiger partial charge in [0.2, 0.25) is 5.91 Å². The van der Waals surface area contributed by atoms with Gasteiger partial charge >= 0.3 is 0 Å². The standard InChI is InChI=1S/C18H24FN3O3/c19-15-3-1-14(2-4-15)17(23)21-7-9-22(10-8-21)18(24)16(20)13-5-11-25-12-6-13/h1-4,13,16H,5-12,20H2. The Balaban J connectivity index is 1.53. The Morgan fingerprint density at radius 3 is 2.20 bits per heavy atom. The van der Waals surface area contributed by atoms with Crippen LogP contribution in [0.5, 0.6) is 0 Å². The zero-order valence-corrected chi connectivity index (χ0v) is 14.2. The van der Waals surface area contributed by atoms with E-state index in [1.165, 1.54) is 24.3 Å². The molecule has 7 heteroatoms. The monoisotopic (exact) mass is 349 g/mol. The molecule has 136 valence electrons. The van der Waals surface area contributed by atoms with Crippen LogP contribution in [0.2, 0.25) is 0 Å². The summed E-state index contributed by atoms with van der Waals surface area (Å²) in [5.74, 6) is -0.379. The molecule has 25 heavy (non-hydrogen) atoms. The van der Waals surface area contributed by atoms with Gasteiger partial charge in [-0.1, -0.05) is 0 Å². The second-order valence-corrected chi connectivity index (χ2v) is 6.60. The molecule has 2 saturated heterocycles. The summed E-state index contributed by atoms with van der Waals surface area (Å²) in [5, 5.41) is 0. The van der Waals surface area contributed by atoms with Crippen LogP contribution in [-0.2, 0) is 9.53 Å². The summed E-state index contributed by atoms with van der Waals surface area (Å²) in [6.45, 7) is 3.19. The Bertz CT molecular complexity index is 608. The number of carbonyl (C=O) groups excluding carboxylic acids is 2. The van der Waals surface area contributed by atoms with Crippen LogP contribution in [0.15, 0.2) is 24.3 Å². The van der Waals surface area contributed by atoms with E-state index in [0.717, 1.165) is 12.8 Å². The number of halogens is 1. The highest BCUT2D eigenvalue weighted by molar-refractivity contribution is 5.94. The van der Waals surface area contributed by atoms with Gasteiger partial charge in [0.15, 0.2) is 0 Å². The number of amides is 2. The molecular weight excluding hydrogens is 325 g/mol. The Morgan fingerprint density at radius 1 is 1.04 bits per heavy atom. The number of rotatable bonds is 3. The van der Waals surface area contributed by atoms with Crippen molar-refractivity contribution in [1.29, 1.82) is 0 Å². The van der Waals surface area contributed by atoms with Crippen molar-refractivity contribution in [2.45, 2.75) is 18.9 Å². The van der Waals surface area contributed by atoms with Gasteiger partial charge in [-0.3, -0.25) is 9.59 Å². The molecule has 2 aliphatic heterocycles. The minimum atomic E-state index is -0.497. The second kappa shape index (κ2) is 7.93. The largest absolute Gasteiger partial charge is 0.381 e. The van der Waals surface area contributed by atoms with Gasteiger partial charge in [0, 0.05) is 45.0 Å². The van der Waals surface area contributed by atoms with Crippen LogP contribution in [0.1, 0.15) is 23.2 Å². The maximum absolute atomic E-state index is 13.0. The normalized spacial score (nSPS) is 20.4. The molecule has 0 spiro atoms. The van der Waals surface area contributed by atoms with Gasteiger partial charge < -0.3 is 20.3 Å². The lowest BCUT2D eigenvalue weighted by atomic mass is 9.91. The van der Waals surface area contributed by atoms with Gasteiger partial charge in [-0.2, -0.15) is 0 Å². The van der Waals surface area contributed by atoms with Crippen LogP contribution in [0.25, 0.3) is 0 Å². The first-order chi connectivity index (χ1) is 12.1. The van der Waals surface area contributed by atoms with Gasteiger partial charge in [0.05, 0.1) is 6.04 Å². The van der Waals surface area contributed by atoms with Crippen molar-refractivity contribution >= 4 is 11.8 Å². The van der Waals surface area contributed by atoms with Crippen LogP contribution in [0.4, 0.5) is 4.39 Å². The fraction of sp³-hybridized carbons (Fsp3) is 0.556. The molecule has 2 fully saturated rings. The molecular formula is C18H24FN3O3. The topological polar surface area (TPSA) is 75.9 Å². The SMILES string of the molecule is NC(C(=O)N1CCN(C(=O)c2ccc(F)cc2)CC1)C1CCOCC1. The van der Waals surface area contributed by atoms with E-state index < -0.39 is 6.04 Å². The third-order valence-electron chi connectivity index (χ3n) is 5.03. The number of carbonyl (C=O) groups is 2. The van der Waals surface area contributed by atoms with Gasteiger partial charge in [0.25, 0.3) is 5.91 Å². The number of ether oxygens (including phenoxy) is 1. The average Bonchev–Trinajstić information content (AvgIpc) is 2.67. The Labute approximate surface area is 146 Å². The highest BCUT2D eigenvalue weighted by Crippen LogP contribution is 2.20. The first kappa shape index (κ1) is 17.8. The molecule has 2 aliphatic rings. The zero-order valence-electron chi connectivity index (χ0n) is 14.2. The van der Waals surface area contributed by atoms with Gasteiger partial charge in [-0.15, -0.1) is 0 Å². The van der Waals surface area contributed by atoms with Crippen molar-refractivity contribution < 1.29 is 18.7 Å². The molecule has 0 aliphatic carbocycles. The number of hydrogen-bond donors (Lipinski definition) is 1. The van der Waals surface area contributed by atoms with Crippen LogP contribution < -0.4 is 5.73 Å². The van der Waals surface area contributed by atoms with E-state index in [-0.39, 0.29) is 23.5 Å². The smallest absolute Gasteiger partial charge is 0.253 e. The quantitative estimate of drug-likeness (QED) is 0.878. The number of hydrogen-bond acceptors (Lipinski definition) is 4. The molecule has 1 aromatic carbocycles. The second-order valence-electron chi connectivity index (χ2n) is 6.60. The van der Waals surface area contributed by atoms with Crippen molar-refractivity contribution in [2.24, 2.45) is 11.7 Å². The zero-order chi connectivity index (χ0) is 17.8. The molecule has 3 rings (SSSR count). The number of nitrogens with zero attached hydrogens (tertiary/aromatic N) is 2. The van der Waals surface area contributed by atoms with Crippen LogP contribution in [0, 0.1) is 11.7 Å². The lowest BCUT2D eigenvalue weighted by Crippen LogP contribution is -2.56. The summed E-state index contributed by atoms with van der Waals surface area (Å²) in [6.07, 6.45) is 1.63. The fourth-order valence-corrected chi connectivity index (χ4v) is 3.39. The van der Waals surface area contributed by atoms with Crippen LogP contribution in [-0.4, -0.2) is 67.0 Å². The van der Waals surface area contributed by atoms with Crippen LogP contribution >= 0.6 is 0 Å². The lowest BCUT2D eigenvalue weighted by Gasteiger charge is -2.37. The summed E-state index contributed by atoms with van der Waals surface area (Å²) in [5.41, 5.74) is 6.62. The minimum absolute atomic E-state index is 0.0409. The first-order valence-corrected chi connectivity index (χ1v) is 8.73. The highest BCUT2D eigenvalue weighted by Gasteiger charge is 2.32. The highest BCUT2D eigenvalue weighted by atomic mass is 19.1. The first-order valence-electron chi connectivity index (χ1n) is 8.73. The van der Waals surface area contributed by atoms with Crippen molar-refractivity contribution in [3.05, 3.63) is 35.6 Å². The molecule has 6 nitrogen and oxygen atoms in total. The Hall–Kier alpha value is -1.99. The van der Waals surface area contributed by atoms with E-state index in [2.05, 4.69) is 0 Å². The molecule has 0 saturated carbocycles. The summed E-state index contributed by atoms with van der Waals surface area (Å²) in [4.78, 5) is 28.5. The van der Waals surface area contributed by atoms with Crippen LogP contribution in [0.3, 0.4) is 0 Å². The minimum Gasteiger partial charge on any atom is -0.381 e.